The Balaban J connectivity index is 2.94. The molecule has 0 spiro atoms. The highest BCUT2D eigenvalue weighted by Crippen LogP contribution is 2.23. The van der Waals surface area contributed by atoms with E-state index >= 15 is 0 Å². The van der Waals surface area contributed by atoms with Crippen LogP contribution in [0.5, 0.6) is 0 Å². The van der Waals surface area contributed by atoms with Crippen molar-refractivity contribution in [3.8, 4) is 0 Å². The van der Waals surface area contributed by atoms with Gasteiger partial charge in [0.1, 0.15) is 5.60 Å². The van der Waals surface area contributed by atoms with E-state index in [1.165, 1.54) is 0 Å². The molecule has 1 aromatic rings. The molecule has 1 aromatic carbocycles. The summed E-state index contributed by atoms with van der Waals surface area (Å²) in [5.41, 5.74) is 5.55. The standard InChI is InChI=1S/C12H20N2O/c1-3-14-10(2)12(15,9-13)11-7-5-4-6-8-11/h4-8,10,14-15H,3,9,13H2,1-2H3. The molecule has 3 nitrogen and oxygen atoms in total. The van der Waals surface area contributed by atoms with Crippen LogP contribution in [0.4, 0.5) is 0 Å². The van der Waals surface area contributed by atoms with Crippen molar-refractivity contribution in [2.24, 2.45) is 5.73 Å². The van der Waals surface area contributed by atoms with Gasteiger partial charge in [-0.3, -0.25) is 0 Å². The zero-order chi connectivity index (χ0) is 11.3. The number of benzene rings is 1. The largest absolute Gasteiger partial charge is 0.382 e. The van der Waals surface area contributed by atoms with Gasteiger partial charge in [0.2, 0.25) is 0 Å². The molecule has 0 fully saturated rings. The Hall–Kier alpha value is -0.900. The molecule has 0 aliphatic carbocycles. The summed E-state index contributed by atoms with van der Waals surface area (Å²) in [4.78, 5) is 0. The predicted molar refractivity (Wildman–Crippen MR) is 62.5 cm³/mol. The van der Waals surface area contributed by atoms with Crippen molar-refractivity contribution in [1.82, 2.24) is 5.32 Å². The monoisotopic (exact) mass is 208 g/mol. The first-order valence-electron chi connectivity index (χ1n) is 5.36. The van der Waals surface area contributed by atoms with Crippen LogP contribution in [0, 0.1) is 0 Å². The summed E-state index contributed by atoms with van der Waals surface area (Å²) in [5.74, 6) is 0. The minimum atomic E-state index is -0.989. The third-order valence-corrected chi connectivity index (χ3v) is 2.81. The molecule has 15 heavy (non-hydrogen) atoms. The van der Waals surface area contributed by atoms with Crippen molar-refractivity contribution >= 4 is 0 Å². The summed E-state index contributed by atoms with van der Waals surface area (Å²) < 4.78 is 0. The summed E-state index contributed by atoms with van der Waals surface area (Å²) in [5, 5.41) is 13.7. The second-order valence-electron chi connectivity index (χ2n) is 3.77. The maximum absolute atomic E-state index is 10.5. The molecule has 84 valence electrons. The van der Waals surface area contributed by atoms with Crippen molar-refractivity contribution < 1.29 is 5.11 Å². The number of hydrogen-bond donors (Lipinski definition) is 3. The Morgan fingerprint density at radius 3 is 2.47 bits per heavy atom. The summed E-state index contributed by atoms with van der Waals surface area (Å²) in [6.45, 7) is 4.99. The van der Waals surface area contributed by atoms with E-state index in [0.29, 0.717) is 0 Å². The van der Waals surface area contributed by atoms with Gasteiger partial charge < -0.3 is 16.2 Å². The highest BCUT2D eigenvalue weighted by atomic mass is 16.3. The normalized spacial score (nSPS) is 17.1. The summed E-state index contributed by atoms with van der Waals surface area (Å²) in [6.07, 6.45) is 0. The number of nitrogens with two attached hydrogens (primary N) is 1. The molecule has 4 N–H and O–H groups in total. The molecular weight excluding hydrogens is 188 g/mol. The van der Waals surface area contributed by atoms with Crippen LogP contribution in [0.15, 0.2) is 30.3 Å². The minimum Gasteiger partial charge on any atom is -0.382 e. The first kappa shape index (κ1) is 12.2. The average Bonchev–Trinajstić information content (AvgIpc) is 2.29. The SMILES string of the molecule is CCNC(C)C(O)(CN)c1ccccc1. The second-order valence-corrected chi connectivity index (χ2v) is 3.77. The van der Waals surface area contributed by atoms with Crippen molar-refractivity contribution in [2.45, 2.75) is 25.5 Å². The van der Waals surface area contributed by atoms with Crippen LogP contribution in [-0.2, 0) is 5.60 Å². The van der Waals surface area contributed by atoms with Crippen LogP contribution in [0.3, 0.4) is 0 Å². The number of likely N-dealkylation sites (N-methyl/N-ethyl adjacent to an activating group) is 1. The Morgan fingerprint density at radius 1 is 1.40 bits per heavy atom. The van der Waals surface area contributed by atoms with E-state index in [9.17, 15) is 5.11 Å². The lowest BCUT2D eigenvalue weighted by Gasteiger charge is -2.34. The molecule has 3 heteroatoms. The van der Waals surface area contributed by atoms with Gasteiger partial charge in [-0.1, -0.05) is 37.3 Å². The molecule has 0 saturated carbocycles. The summed E-state index contributed by atoms with van der Waals surface area (Å²) in [7, 11) is 0. The van der Waals surface area contributed by atoms with Crippen LogP contribution in [0.25, 0.3) is 0 Å². The maximum atomic E-state index is 10.5. The molecule has 0 aromatic heterocycles. The summed E-state index contributed by atoms with van der Waals surface area (Å²) in [6, 6.07) is 9.50. The van der Waals surface area contributed by atoms with Gasteiger partial charge in [-0.05, 0) is 19.0 Å². The first-order valence-corrected chi connectivity index (χ1v) is 5.36. The Bertz CT molecular complexity index is 289. The molecule has 0 radical (unpaired) electrons. The fourth-order valence-corrected chi connectivity index (χ4v) is 1.75. The van der Waals surface area contributed by atoms with Crippen LogP contribution in [0.1, 0.15) is 19.4 Å². The predicted octanol–water partition coefficient (Wildman–Crippen LogP) is 0.831. The van der Waals surface area contributed by atoms with Crippen LogP contribution in [-0.4, -0.2) is 24.2 Å². The highest BCUT2D eigenvalue weighted by Gasteiger charge is 2.33. The fraction of sp³-hybridized carbons (Fsp3) is 0.500. The van der Waals surface area contributed by atoms with Gasteiger partial charge in [-0.25, -0.2) is 0 Å². The number of hydrogen-bond acceptors (Lipinski definition) is 3. The topological polar surface area (TPSA) is 58.3 Å². The van der Waals surface area contributed by atoms with Gasteiger partial charge in [0, 0.05) is 12.6 Å². The van der Waals surface area contributed by atoms with Gasteiger partial charge in [0.15, 0.2) is 0 Å². The van der Waals surface area contributed by atoms with Gasteiger partial charge in [0.25, 0.3) is 0 Å². The lowest BCUT2D eigenvalue weighted by molar-refractivity contribution is 0.0119. The molecule has 2 unspecified atom stereocenters. The van der Waals surface area contributed by atoms with E-state index in [-0.39, 0.29) is 12.6 Å². The number of nitrogens with one attached hydrogen (secondary N) is 1. The van der Waals surface area contributed by atoms with Gasteiger partial charge in [0.05, 0.1) is 0 Å². The lowest BCUT2D eigenvalue weighted by atomic mass is 9.87. The van der Waals surface area contributed by atoms with E-state index in [0.717, 1.165) is 12.1 Å². The molecule has 0 aliphatic rings. The quantitative estimate of drug-likeness (QED) is 0.672. The van der Waals surface area contributed by atoms with E-state index in [1.54, 1.807) is 0 Å². The summed E-state index contributed by atoms with van der Waals surface area (Å²) >= 11 is 0. The molecule has 0 aliphatic heterocycles. The third-order valence-electron chi connectivity index (χ3n) is 2.81. The van der Waals surface area contributed by atoms with E-state index in [2.05, 4.69) is 5.32 Å². The van der Waals surface area contributed by atoms with Gasteiger partial charge in [-0.15, -0.1) is 0 Å². The van der Waals surface area contributed by atoms with Gasteiger partial charge >= 0.3 is 0 Å². The Morgan fingerprint density at radius 2 is 2.00 bits per heavy atom. The first-order chi connectivity index (χ1) is 7.15. The Kier molecular flexibility index (Phi) is 4.27. The maximum Gasteiger partial charge on any atom is 0.117 e. The smallest absolute Gasteiger partial charge is 0.117 e. The number of aliphatic hydroxyl groups is 1. The van der Waals surface area contributed by atoms with E-state index < -0.39 is 5.60 Å². The zero-order valence-electron chi connectivity index (χ0n) is 9.40. The van der Waals surface area contributed by atoms with Crippen molar-refractivity contribution in [3.63, 3.8) is 0 Å². The molecular formula is C12H20N2O. The van der Waals surface area contributed by atoms with Crippen LogP contribution < -0.4 is 11.1 Å². The van der Waals surface area contributed by atoms with Crippen LogP contribution >= 0.6 is 0 Å². The van der Waals surface area contributed by atoms with Crippen molar-refractivity contribution in [2.75, 3.05) is 13.1 Å². The molecule has 2 atom stereocenters. The molecule has 0 amide bonds. The Labute approximate surface area is 91.3 Å². The fourth-order valence-electron chi connectivity index (χ4n) is 1.75. The third kappa shape index (κ3) is 2.56. The van der Waals surface area contributed by atoms with Crippen LogP contribution in [0.2, 0.25) is 0 Å². The van der Waals surface area contributed by atoms with Crippen molar-refractivity contribution in [3.05, 3.63) is 35.9 Å². The second kappa shape index (κ2) is 5.26. The zero-order valence-corrected chi connectivity index (χ0v) is 9.40. The molecule has 0 bridgehead atoms. The lowest BCUT2D eigenvalue weighted by Crippen LogP contribution is -2.51. The minimum absolute atomic E-state index is 0.0603. The molecule has 1 rings (SSSR count). The van der Waals surface area contributed by atoms with E-state index in [4.69, 9.17) is 5.73 Å². The van der Waals surface area contributed by atoms with Crippen molar-refractivity contribution in [1.29, 1.82) is 0 Å². The number of rotatable bonds is 5. The van der Waals surface area contributed by atoms with Gasteiger partial charge in [-0.2, -0.15) is 0 Å². The molecule has 0 heterocycles. The molecule has 0 saturated heterocycles. The highest BCUT2D eigenvalue weighted by molar-refractivity contribution is 5.24. The average molecular weight is 208 g/mol. The van der Waals surface area contributed by atoms with E-state index in [1.807, 2.05) is 44.2 Å².